The molecule has 3 aliphatic heterocycles. The van der Waals surface area contributed by atoms with E-state index in [-0.39, 0.29) is 58.4 Å². The molecule has 0 aliphatic carbocycles. The van der Waals surface area contributed by atoms with Gasteiger partial charge in [-0.05, 0) is 23.8 Å². The molecule has 0 radical (unpaired) electrons. The third-order valence-electron chi connectivity index (χ3n) is 8.53. The lowest BCUT2D eigenvalue weighted by Gasteiger charge is -2.40. The maximum Gasteiger partial charge on any atom is 0.417 e. The Morgan fingerprint density at radius 1 is 1.23 bits per heavy atom. The van der Waals surface area contributed by atoms with Gasteiger partial charge in [-0.15, -0.1) is 23.1 Å². The van der Waals surface area contributed by atoms with Gasteiger partial charge in [-0.1, -0.05) is 18.7 Å². The molecular weight excluding hydrogens is 613 g/mol. The highest BCUT2D eigenvalue weighted by Crippen LogP contribution is 2.53. The lowest BCUT2D eigenvalue weighted by molar-refractivity contribution is -0.137. The monoisotopic (exact) mass is 638 g/mol. The van der Waals surface area contributed by atoms with Crippen LogP contribution in [0.3, 0.4) is 0 Å². The molecule has 0 atom stereocenters. The number of nitrogen functional groups attached to an aromatic ring is 1. The molecule has 2 fully saturated rings. The Labute approximate surface area is 257 Å². The Kier molecular flexibility index (Phi) is 6.69. The van der Waals surface area contributed by atoms with E-state index in [1.165, 1.54) is 22.4 Å². The minimum absolute atomic E-state index is 0.0844. The van der Waals surface area contributed by atoms with Crippen LogP contribution in [0.15, 0.2) is 46.6 Å². The van der Waals surface area contributed by atoms with Crippen molar-refractivity contribution in [3.8, 4) is 17.2 Å². The number of aromatic nitrogens is 2. The topological polar surface area (TPSA) is 117 Å². The summed E-state index contributed by atoms with van der Waals surface area (Å²) in [4.78, 5) is 34.0. The molecule has 226 valence electrons. The van der Waals surface area contributed by atoms with E-state index >= 15 is 13.2 Å². The normalized spacial score (nSPS) is 17.9. The molecule has 2 saturated heterocycles. The summed E-state index contributed by atoms with van der Waals surface area (Å²) < 4.78 is 53.1. The van der Waals surface area contributed by atoms with Crippen LogP contribution in [0.4, 0.5) is 24.0 Å². The summed E-state index contributed by atoms with van der Waals surface area (Å²) >= 11 is 2.42. The van der Waals surface area contributed by atoms with E-state index in [1.807, 2.05) is 0 Å². The van der Waals surface area contributed by atoms with Crippen LogP contribution < -0.4 is 16.3 Å². The van der Waals surface area contributed by atoms with Crippen molar-refractivity contribution in [3.05, 3.63) is 58.5 Å². The molecule has 2 aromatic heterocycles. The number of thioether (sulfide) groups is 1. The van der Waals surface area contributed by atoms with Gasteiger partial charge in [0.25, 0.3) is 0 Å². The number of fused-ring (bicyclic) bond motifs is 1. The van der Waals surface area contributed by atoms with Crippen molar-refractivity contribution < 1.29 is 22.7 Å². The van der Waals surface area contributed by atoms with Crippen LogP contribution in [-0.2, 0) is 22.3 Å². The minimum atomic E-state index is -4.78. The molecule has 14 heteroatoms. The number of halogens is 3. The van der Waals surface area contributed by atoms with Crippen molar-refractivity contribution >= 4 is 60.8 Å². The summed E-state index contributed by atoms with van der Waals surface area (Å²) in [5.74, 6) is 0.351. The van der Waals surface area contributed by atoms with Crippen molar-refractivity contribution in [1.82, 2.24) is 14.5 Å². The van der Waals surface area contributed by atoms with E-state index in [0.717, 1.165) is 17.4 Å². The number of nitrogens with zero attached hydrogens (tertiary/aromatic N) is 5. The van der Waals surface area contributed by atoms with Crippen LogP contribution >= 0.6 is 23.1 Å². The summed E-state index contributed by atoms with van der Waals surface area (Å²) in [5, 5.41) is 10.7. The molecule has 2 N–H and O–H groups in total. The van der Waals surface area contributed by atoms with Crippen LogP contribution in [-0.4, -0.2) is 65.5 Å². The van der Waals surface area contributed by atoms with Gasteiger partial charge in [-0.25, -0.2) is 4.79 Å². The number of thiophene rings is 1. The molecule has 0 bridgehead atoms. The first-order valence-corrected chi connectivity index (χ1v) is 15.6. The number of carbonyl (C=O) groups excluding carboxylic acids is 1. The van der Waals surface area contributed by atoms with Crippen molar-refractivity contribution in [2.24, 2.45) is 5.41 Å². The number of hydrogen-bond donors (Lipinski definition) is 1. The average molecular weight is 639 g/mol. The molecule has 2 aromatic carbocycles. The van der Waals surface area contributed by atoms with Gasteiger partial charge in [-0.2, -0.15) is 23.4 Å². The zero-order valence-corrected chi connectivity index (χ0v) is 24.9. The average Bonchev–Trinajstić information content (AvgIpc) is 3.19. The number of anilines is 2. The predicted molar refractivity (Wildman–Crippen MR) is 164 cm³/mol. The van der Waals surface area contributed by atoms with Gasteiger partial charge in [0.05, 0.1) is 29.9 Å². The Bertz CT molecular complexity index is 1980. The predicted octanol–water partition coefficient (Wildman–Crippen LogP) is 4.71. The number of hydrogen-bond acceptors (Lipinski definition) is 9. The molecular formula is C30H25F3N6O3S2. The Balaban J connectivity index is 1.55. The molecule has 5 heterocycles. The number of piperazine rings is 1. The maximum atomic E-state index is 15.2. The zero-order valence-electron chi connectivity index (χ0n) is 23.2. The molecule has 1 spiro atoms. The molecule has 1 amide bonds. The first-order chi connectivity index (χ1) is 21.0. The van der Waals surface area contributed by atoms with Crippen molar-refractivity contribution in [3.63, 3.8) is 0 Å². The number of carbonyl (C=O) groups is 1. The summed E-state index contributed by atoms with van der Waals surface area (Å²) in [6.45, 7) is 5.71. The highest BCUT2D eigenvalue weighted by atomic mass is 32.2. The van der Waals surface area contributed by atoms with Crippen molar-refractivity contribution in [2.45, 2.75) is 17.6 Å². The third-order valence-corrected chi connectivity index (χ3v) is 11.0. The van der Waals surface area contributed by atoms with Gasteiger partial charge in [0.15, 0.2) is 0 Å². The second-order valence-corrected chi connectivity index (χ2v) is 13.3. The standard InChI is InChI=1S/C30H25F3N6O3S2/c1-2-21(40)37-6-8-38(9-7-37)27-17-10-19(30(31,32)33)23(16-4-3-5-20-22(16)18(11-34)26(35)44-20)25-24(17)39(28(41)36-27)12-29(15-43-25)13-42-14-29/h2-5,10H,1,6-9,12-15,35H2. The number of ether oxygens (including phenoxy) is 1. The number of alkyl halides is 3. The molecule has 0 unspecified atom stereocenters. The van der Waals surface area contributed by atoms with E-state index in [4.69, 9.17) is 10.5 Å². The summed E-state index contributed by atoms with van der Waals surface area (Å²) in [7, 11) is 0. The first kappa shape index (κ1) is 28.7. The molecule has 44 heavy (non-hydrogen) atoms. The van der Waals surface area contributed by atoms with Gasteiger partial charge in [-0.3, -0.25) is 9.36 Å². The van der Waals surface area contributed by atoms with E-state index < -0.39 is 22.8 Å². The van der Waals surface area contributed by atoms with E-state index in [2.05, 4.69) is 17.6 Å². The molecule has 4 aromatic rings. The second kappa shape index (κ2) is 10.3. The third kappa shape index (κ3) is 4.36. The van der Waals surface area contributed by atoms with Crippen LogP contribution in [0, 0.1) is 16.7 Å². The Morgan fingerprint density at radius 3 is 2.61 bits per heavy atom. The highest BCUT2D eigenvalue weighted by molar-refractivity contribution is 7.99. The van der Waals surface area contributed by atoms with Gasteiger partial charge in [0, 0.05) is 69.8 Å². The fourth-order valence-corrected chi connectivity index (χ4v) is 8.71. The lowest BCUT2D eigenvalue weighted by Crippen LogP contribution is -2.50. The van der Waals surface area contributed by atoms with E-state index in [1.54, 1.807) is 28.0 Å². The molecule has 9 nitrogen and oxygen atoms in total. The van der Waals surface area contributed by atoms with Crippen LogP contribution in [0.25, 0.3) is 32.1 Å². The minimum Gasteiger partial charge on any atom is -0.389 e. The van der Waals surface area contributed by atoms with Crippen LogP contribution in [0.2, 0.25) is 0 Å². The van der Waals surface area contributed by atoms with Crippen molar-refractivity contribution in [1.29, 1.82) is 5.26 Å². The van der Waals surface area contributed by atoms with Gasteiger partial charge >= 0.3 is 11.9 Å². The molecule has 3 aliphatic rings. The Hall–Kier alpha value is -4.06. The van der Waals surface area contributed by atoms with Gasteiger partial charge < -0.3 is 20.3 Å². The van der Waals surface area contributed by atoms with Crippen molar-refractivity contribution in [2.75, 3.05) is 55.8 Å². The second-order valence-electron chi connectivity index (χ2n) is 11.3. The number of amides is 1. The number of nitrogens with two attached hydrogens (primary N) is 1. The zero-order chi connectivity index (χ0) is 31.0. The number of nitriles is 1. The lowest BCUT2D eigenvalue weighted by atomic mass is 9.88. The highest BCUT2D eigenvalue weighted by Gasteiger charge is 2.44. The van der Waals surface area contributed by atoms with Gasteiger partial charge in [0.1, 0.15) is 16.9 Å². The summed E-state index contributed by atoms with van der Waals surface area (Å²) in [6, 6.07) is 8.14. The number of rotatable bonds is 3. The summed E-state index contributed by atoms with van der Waals surface area (Å²) in [6.07, 6.45) is -3.56. The SMILES string of the molecule is C=CC(=O)N1CCN(c2nc(=O)n3c4c(c(-c5cccc6sc(N)c(C#N)c56)c(C(F)(F)F)cc24)SCC2(COC2)C3)CC1. The first-order valence-electron chi connectivity index (χ1n) is 13.8. The quantitative estimate of drug-likeness (QED) is 0.321. The van der Waals surface area contributed by atoms with E-state index in [9.17, 15) is 14.9 Å². The molecule has 7 rings (SSSR count). The summed E-state index contributed by atoms with van der Waals surface area (Å²) in [5.41, 5.74) is 4.91. The Morgan fingerprint density at radius 2 is 1.98 bits per heavy atom. The smallest absolute Gasteiger partial charge is 0.389 e. The number of benzene rings is 2. The maximum absolute atomic E-state index is 15.2. The largest absolute Gasteiger partial charge is 0.417 e. The van der Waals surface area contributed by atoms with Gasteiger partial charge in [0.2, 0.25) is 5.91 Å². The fourth-order valence-electron chi connectivity index (χ4n) is 6.34. The van der Waals surface area contributed by atoms with Crippen LogP contribution in [0.1, 0.15) is 11.1 Å². The molecule has 0 saturated carbocycles. The van der Waals surface area contributed by atoms with Crippen LogP contribution in [0.5, 0.6) is 0 Å². The van der Waals surface area contributed by atoms with E-state index in [0.29, 0.717) is 52.6 Å². The fraction of sp³-hybridized carbons (Fsp3) is 0.333.